The summed E-state index contributed by atoms with van der Waals surface area (Å²) in [6, 6.07) is 8.81. The molecule has 0 N–H and O–H groups in total. The third-order valence-electron chi connectivity index (χ3n) is 1.86. The molecule has 1 fully saturated rings. The molecule has 0 spiro atoms. The van der Waals surface area contributed by atoms with E-state index in [4.69, 9.17) is 11.6 Å². The SMILES string of the molecule is Clc1cc[c]cc1C1CC1. The molecule has 1 aromatic carbocycles. The van der Waals surface area contributed by atoms with E-state index in [0.717, 1.165) is 10.9 Å². The first kappa shape index (κ1) is 6.23. The van der Waals surface area contributed by atoms with Gasteiger partial charge in [0.15, 0.2) is 0 Å². The van der Waals surface area contributed by atoms with Crippen molar-refractivity contribution in [1.29, 1.82) is 0 Å². The second-order valence-corrected chi connectivity index (χ2v) is 3.13. The van der Waals surface area contributed by atoms with Crippen LogP contribution < -0.4 is 0 Å². The molecule has 2 rings (SSSR count). The molecule has 1 heteroatoms. The molecule has 0 unspecified atom stereocenters. The third-order valence-corrected chi connectivity index (χ3v) is 2.20. The lowest BCUT2D eigenvalue weighted by atomic mass is 10.1. The Balaban J connectivity index is 2.39. The van der Waals surface area contributed by atoms with Gasteiger partial charge in [-0.3, -0.25) is 0 Å². The Hall–Kier alpha value is -0.490. The van der Waals surface area contributed by atoms with Crippen LogP contribution in [0.3, 0.4) is 0 Å². The van der Waals surface area contributed by atoms with E-state index in [1.165, 1.54) is 18.4 Å². The van der Waals surface area contributed by atoms with Gasteiger partial charge in [-0.25, -0.2) is 0 Å². The van der Waals surface area contributed by atoms with Gasteiger partial charge in [-0.15, -0.1) is 0 Å². The molecule has 0 aliphatic heterocycles. The summed E-state index contributed by atoms with van der Waals surface area (Å²) in [4.78, 5) is 0. The smallest absolute Gasteiger partial charge is 0.0441 e. The summed E-state index contributed by atoms with van der Waals surface area (Å²) in [6.45, 7) is 0. The van der Waals surface area contributed by atoms with Crippen LogP contribution in [-0.4, -0.2) is 0 Å². The van der Waals surface area contributed by atoms with E-state index < -0.39 is 0 Å². The Morgan fingerprint density at radius 1 is 1.50 bits per heavy atom. The van der Waals surface area contributed by atoms with Crippen molar-refractivity contribution >= 4 is 11.6 Å². The summed E-state index contributed by atoms with van der Waals surface area (Å²) in [5.41, 5.74) is 1.28. The van der Waals surface area contributed by atoms with E-state index in [1.807, 2.05) is 18.2 Å². The van der Waals surface area contributed by atoms with Crippen LogP contribution in [-0.2, 0) is 0 Å². The maximum atomic E-state index is 5.94. The number of benzene rings is 1. The normalized spacial score (nSPS) is 17.3. The van der Waals surface area contributed by atoms with Gasteiger partial charge in [-0.2, -0.15) is 0 Å². The van der Waals surface area contributed by atoms with Gasteiger partial charge in [0.25, 0.3) is 0 Å². The van der Waals surface area contributed by atoms with Gasteiger partial charge in [-0.05, 0) is 42.5 Å². The van der Waals surface area contributed by atoms with Crippen molar-refractivity contribution < 1.29 is 0 Å². The Kier molecular flexibility index (Phi) is 1.42. The van der Waals surface area contributed by atoms with Crippen LogP contribution in [0.5, 0.6) is 0 Å². The van der Waals surface area contributed by atoms with E-state index in [9.17, 15) is 0 Å². The fourth-order valence-corrected chi connectivity index (χ4v) is 1.40. The van der Waals surface area contributed by atoms with Gasteiger partial charge in [-0.1, -0.05) is 17.7 Å². The average Bonchev–Trinajstić information content (AvgIpc) is 2.71. The van der Waals surface area contributed by atoms with E-state index in [0.29, 0.717) is 0 Å². The Labute approximate surface area is 65.8 Å². The summed E-state index contributed by atoms with van der Waals surface area (Å²) in [6.07, 6.45) is 2.61. The van der Waals surface area contributed by atoms with E-state index in [1.54, 1.807) is 0 Å². The van der Waals surface area contributed by atoms with Crippen molar-refractivity contribution in [2.75, 3.05) is 0 Å². The van der Waals surface area contributed by atoms with Crippen LogP contribution in [0.25, 0.3) is 0 Å². The molecule has 0 amide bonds. The second kappa shape index (κ2) is 2.28. The minimum absolute atomic E-state index is 0.741. The highest BCUT2D eigenvalue weighted by molar-refractivity contribution is 6.31. The maximum absolute atomic E-state index is 5.94. The lowest BCUT2D eigenvalue weighted by molar-refractivity contribution is 1.13. The van der Waals surface area contributed by atoms with Crippen molar-refractivity contribution in [1.82, 2.24) is 0 Å². The zero-order chi connectivity index (χ0) is 6.97. The monoisotopic (exact) mass is 151 g/mol. The summed E-state index contributed by atoms with van der Waals surface area (Å²) >= 11 is 5.94. The fraction of sp³-hybridized carbons (Fsp3) is 0.333. The predicted molar refractivity (Wildman–Crippen MR) is 42.3 cm³/mol. The molecular weight excluding hydrogens is 144 g/mol. The first-order chi connectivity index (χ1) is 4.88. The van der Waals surface area contributed by atoms with Crippen molar-refractivity contribution in [2.24, 2.45) is 0 Å². The van der Waals surface area contributed by atoms with E-state index in [2.05, 4.69) is 6.07 Å². The van der Waals surface area contributed by atoms with Gasteiger partial charge in [0.05, 0.1) is 0 Å². The second-order valence-electron chi connectivity index (χ2n) is 2.72. The Bertz CT molecular complexity index is 238. The topological polar surface area (TPSA) is 0 Å². The molecule has 1 radical (unpaired) electrons. The van der Waals surface area contributed by atoms with Gasteiger partial charge in [0.1, 0.15) is 0 Å². The molecule has 10 heavy (non-hydrogen) atoms. The average molecular weight is 152 g/mol. The minimum Gasteiger partial charge on any atom is -0.0840 e. The number of halogens is 1. The molecule has 0 bridgehead atoms. The molecule has 1 aliphatic rings. The van der Waals surface area contributed by atoms with Crippen molar-refractivity contribution in [2.45, 2.75) is 18.8 Å². The summed E-state index contributed by atoms with van der Waals surface area (Å²) in [5, 5.41) is 0.904. The lowest BCUT2D eigenvalue weighted by Crippen LogP contribution is -1.78. The number of hydrogen-bond donors (Lipinski definition) is 0. The van der Waals surface area contributed by atoms with Crippen LogP contribution in [0, 0.1) is 6.07 Å². The van der Waals surface area contributed by atoms with Gasteiger partial charge < -0.3 is 0 Å². The molecule has 1 saturated carbocycles. The van der Waals surface area contributed by atoms with E-state index >= 15 is 0 Å². The molecule has 0 saturated heterocycles. The highest BCUT2D eigenvalue weighted by atomic mass is 35.5. The van der Waals surface area contributed by atoms with E-state index in [-0.39, 0.29) is 0 Å². The molecule has 0 aromatic heterocycles. The molecule has 1 aliphatic carbocycles. The summed E-state index contributed by atoms with van der Waals surface area (Å²) in [7, 11) is 0. The van der Waals surface area contributed by atoms with Crippen molar-refractivity contribution in [3.63, 3.8) is 0 Å². The van der Waals surface area contributed by atoms with Crippen molar-refractivity contribution in [3.8, 4) is 0 Å². The van der Waals surface area contributed by atoms with Gasteiger partial charge >= 0.3 is 0 Å². The third kappa shape index (κ3) is 1.04. The largest absolute Gasteiger partial charge is 0.0840 e. The highest BCUT2D eigenvalue weighted by Crippen LogP contribution is 2.42. The lowest BCUT2D eigenvalue weighted by Gasteiger charge is -1.97. The zero-order valence-electron chi connectivity index (χ0n) is 5.60. The summed E-state index contributed by atoms with van der Waals surface area (Å²) in [5.74, 6) is 0.741. The zero-order valence-corrected chi connectivity index (χ0v) is 6.36. The Morgan fingerprint density at radius 2 is 2.30 bits per heavy atom. The predicted octanol–water partition coefficient (Wildman–Crippen LogP) is 3.02. The molecule has 0 atom stereocenters. The summed E-state index contributed by atoms with van der Waals surface area (Å²) < 4.78 is 0. The molecule has 0 nitrogen and oxygen atoms in total. The fourth-order valence-electron chi connectivity index (χ4n) is 1.13. The van der Waals surface area contributed by atoms with Crippen LogP contribution in [0.2, 0.25) is 5.02 Å². The maximum Gasteiger partial charge on any atom is 0.0441 e. The molecule has 51 valence electrons. The first-order valence-corrected chi connectivity index (χ1v) is 3.91. The van der Waals surface area contributed by atoms with Crippen molar-refractivity contribution in [3.05, 3.63) is 34.9 Å². The van der Waals surface area contributed by atoms with Gasteiger partial charge in [0.2, 0.25) is 0 Å². The standard InChI is InChI=1S/C9H8Cl/c10-9-4-2-1-3-8(9)7-5-6-7/h2-4,7H,5-6H2. The first-order valence-electron chi connectivity index (χ1n) is 3.53. The molecular formula is C9H8Cl. The Morgan fingerprint density at radius 3 is 2.90 bits per heavy atom. The minimum atomic E-state index is 0.741. The van der Waals surface area contributed by atoms with Crippen LogP contribution >= 0.6 is 11.6 Å². The quantitative estimate of drug-likeness (QED) is 0.579. The van der Waals surface area contributed by atoms with Crippen LogP contribution in [0.4, 0.5) is 0 Å². The highest BCUT2D eigenvalue weighted by Gasteiger charge is 2.24. The van der Waals surface area contributed by atoms with Crippen LogP contribution in [0.15, 0.2) is 18.2 Å². The molecule has 0 heterocycles. The molecule has 1 aromatic rings. The van der Waals surface area contributed by atoms with Gasteiger partial charge in [0, 0.05) is 5.02 Å². The number of hydrogen-bond acceptors (Lipinski definition) is 0. The number of rotatable bonds is 1. The van der Waals surface area contributed by atoms with Crippen LogP contribution in [0.1, 0.15) is 24.3 Å².